The Bertz CT molecular complexity index is 380. The third kappa shape index (κ3) is 3.13. The van der Waals surface area contributed by atoms with Crippen LogP contribution in [0.3, 0.4) is 0 Å². The molecule has 0 heterocycles. The number of rotatable bonds is 6. The second-order valence-electron chi connectivity index (χ2n) is 3.78. The van der Waals surface area contributed by atoms with Crippen LogP contribution in [0.5, 0.6) is 11.5 Å². The van der Waals surface area contributed by atoms with Gasteiger partial charge in [0.15, 0.2) is 0 Å². The lowest BCUT2D eigenvalue weighted by molar-refractivity contribution is 0.383. The SMILES string of the molecule is CCc1cc(CCNC)c(OC)c(Br)c1OC. The van der Waals surface area contributed by atoms with Crippen LogP contribution < -0.4 is 14.8 Å². The maximum Gasteiger partial charge on any atom is 0.140 e. The molecule has 0 spiro atoms. The molecule has 0 saturated heterocycles. The van der Waals surface area contributed by atoms with Gasteiger partial charge in [-0.25, -0.2) is 0 Å². The van der Waals surface area contributed by atoms with E-state index in [4.69, 9.17) is 9.47 Å². The third-order valence-electron chi connectivity index (χ3n) is 2.76. The predicted molar refractivity (Wildman–Crippen MR) is 74.3 cm³/mol. The van der Waals surface area contributed by atoms with E-state index < -0.39 is 0 Å². The number of aryl methyl sites for hydroxylation is 1. The molecule has 96 valence electrons. The van der Waals surface area contributed by atoms with Gasteiger partial charge < -0.3 is 14.8 Å². The molecule has 0 aliphatic rings. The second kappa shape index (κ2) is 6.87. The molecular weight excluding hydrogens is 282 g/mol. The Kier molecular flexibility index (Phi) is 5.78. The van der Waals surface area contributed by atoms with Crippen LogP contribution >= 0.6 is 15.9 Å². The first-order valence-electron chi connectivity index (χ1n) is 5.76. The Labute approximate surface area is 112 Å². The zero-order valence-electron chi connectivity index (χ0n) is 10.9. The van der Waals surface area contributed by atoms with Crippen molar-refractivity contribution in [2.24, 2.45) is 0 Å². The molecule has 0 amide bonds. The van der Waals surface area contributed by atoms with Crippen molar-refractivity contribution in [3.8, 4) is 11.5 Å². The highest BCUT2D eigenvalue weighted by atomic mass is 79.9. The molecule has 0 saturated carbocycles. The van der Waals surface area contributed by atoms with Gasteiger partial charge in [-0.15, -0.1) is 0 Å². The molecule has 1 rings (SSSR count). The number of nitrogens with one attached hydrogen (secondary N) is 1. The van der Waals surface area contributed by atoms with Gasteiger partial charge in [-0.3, -0.25) is 0 Å². The van der Waals surface area contributed by atoms with Gasteiger partial charge in [-0.1, -0.05) is 6.92 Å². The molecule has 0 fully saturated rings. The molecule has 4 heteroatoms. The van der Waals surface area contributed by atoms with E-state index in [1.807, 2.05) is 7.05 Å². The lowest BCUT2D eigenvalue weighted by atomic mass is 10.0. The fourth-order valence-electron chi connectivity index (χ4n) is 1.88. The minimum absolute atomic E-state index is 0.870. The van der Waals surface area contributed by atoms with Crippen LogP contribution in [0.15, 0.2) is 10.5 Å². The van der Waals surface area contributed by atoms with E-state index in [9.17, 15) is 0 Å². The Morgan fingerprint density at radius 3 is 2.24 bits per heavy atom. The van der Waals surface area contributed by atoms with Gasteiger partial charge in [0, 0.05) is 0 Å². The number of ether oxygens (including phenoxy) is 2. The molecular formula is C13H20BrNO2. The molecule has 0 aliphatic carbocycles. The quantitative estimate of drug-likeness (QED) is 0.876. The molecule has 0 aliphatic heterocycles. The fourth-order valence-corrected chi connectivity index (χ4v) is 2.71. The third-order valence-corrected chi connectivity index (χ3v) is 3.48. The first-order chi connectivity index (χ1) is 8.19. The highest BCUT2D eigenvalue weighted by molar-refractivity contribution is 9.10. The van der Waals surface area contributed by atoms with Crippen LogP contribution in [0.25, 0.3) is 0 Å². The van der Waals surface area contributed by atoms with Crippen molar-refractivity contribution in [2.75, 3.05) is 27.8 Å². The summed E-state index contributed by atoms with van der Waals surface area (Å²) in [6, 6.07) is 2.17. The maximum absolute atomic E-state index is 5.46. The van der Waals surface area contributed by atoms with E-state index in [1.54, 1.807) is 14.2 Å². The summed E-state index contributed by atoms with van der Waals surface area (Å²) in [5.74, 6) is 1.74. The zero-order chi connectivity index (χ0) is 12.8. The van der Waals surface area contributed by atoms with Gasteiger partial charge in [0.05, 0.1) is 14.2 Å². The summed E-state index contributed by atoms with van der Waals surface area (Å²) in [6.45, 7) is 3.05. The molecule has 1 aromatic carbocycles. The normalized spacial score (nSPS) is 10.4. The summed E-state index contributed by atoms with van der Waals surface area (Å²) >= 11 is 3.57. The van der Waals surface area contributed by atoms with Crippen molar-refractivity contribution in [3.63, 3.8) is 0 Å². The van der Waals surface area contributed by atoms with Crippen LogP contribution in [0, 0.1) is 0 Å². The molecule has 1 N–H and O–H groups in total. The molecule has 3 nitrogen and oxygen atoms in total. The van der Waals surface area contributed by atoms with Crippen molar-refractivity contribution >= 4 is 15.9 Å². The highest BCUT2D eigenvalue weighted by Gasteiger charge is 2.16. The van der Waals surface area contributed by atoms with E-state index >= 15 is 0 Å². The largest absolute Gasteiger partial charge is 0.495 e. The van der Waals surface area contributed by atoms with Crippen LogP contribution in [0.4, 0.5) is 0 Å². The number of likely N-dealkylation sites (N-methyl/N-ethyl adjacent to an activating group) is 1. The molecule has 0 radical (unpaired) electrons. The van der Waals surface area contributed by atoms with E-state index in [1.165, 1.54) is 11.1 Å². The fraction of sp³-hybridized carbons (Fsp3) is 0.538. The van der Waals surface area contributed by atoms with Crippen LogP contribution in [-0.4, -0.2) is 27.8 Å². The number of benzene rings is 1. The van der Waals surface area contributed by atoms with Crippen molar-refractivity contribution < 1.29 is 9.47 Å². The van der Waals surface area contributed by atoms with Gasteiger partial charge >= 0.3 is 0 Å². The topological polar surface area (TPSA) is 30.5 Å². The number of halogens is 1. The Morgan fingerprint density at radius 1 is 1.18 bits per heavy atom. The minimum Gasteiger partial charge on any atom is -0.495 e. The number of hydrogen-bond donors (Lipinski definition) is 1. The second-order valence-corrected chi connectivity index (χ2v) is 4.58. The first kappa shape index (κ1) is 14.3. The number of hydrogen-bond acceptors (Lipinski definition) is 3. The van der Waals surface area contributed by atoms with E-state index in [0.717, 1.165) is 35.4 Å². The van der Waals surface area contributed by atoms with Gasteiger partial charge in [0.1, 0.15) is 16.0 Å². The highest BCUT2D eigenvalue weighted by Crippen LogP contribution is 2.40. The van der Waals surface area contributed by atoms with Crippen LogP contribution in [-0.2, 0) is 12.8 Å². The van der Waals surface area contributed by atoms with Crippen LogP contribution in [0.2, 0.25) is 0 Å². The Hall–Kier alpha value is -0.740. The Morgan fingerprint density at radius 2 is 1.76 bits per heavy atom. The van der Waals surface area contributed by atoms with Crippen molar-refractivity contribution in [1.29, 1.82) is 0 Å². The van der Waals surface area contributed by atoms with Crippen molar-refractivity contribution in [1.82, 2.24) is 5.32 Å². The van der Waals surface area contributed by atoms with Gasteiger partial charge in [-0.05, 0) is 59.6 Å². The van der Waals surface area contributed by atoms with E-state index in [0.29, 0.717) is 0 Å². The maximum atomic E-state index is 5.46. The molecule has 0 bridgehead atoms. The summed E-state index contributed by atoms with van der Waals surface area (Å²) in [4.78, 5) is 0. The predicted octanol–water partition coefficient (Wildman–Crippen LogP) is 2.79. The zero-order valence-corrected chi connectivity index (χ0v) is 12.5. The summed E-state index contributed by atoms with van der Waals surface area (Å²) in [6.07, 6.45) is 1.88. The monoisotopic (exact) mass is 301 g/mol. The average Bonchev–Trinajstić information content (AvgIpc) is 2.35. The first-order valence-corrected chi connectivity index (χ1v) is 6.55. The van der Waals surface area contributed by atoms with Gasteiger partial charge in [0.2, 0.25) is 0 Å². The summed E-state index contributed by atoms with van der Waals surface area (Å²) in [7, 11) is 5.33. The summed E-state index contributed by atoms with van der Waals surface area (Å²) < 4.78 is 11.8. The summed E-state index contributed by atoms with van der Waals surface area (Å²) in [5, 5.41) is 3.15. The minimum atomic E-state index is 0.870. The van der Waals surface area contributed by atoms with E-state index in [-0.39, 0.29) is 0 Å². The molecule has 17 heavy (non-hydrogen) atoms. The van der Waals surface area contributed by atoms with Gasteiger partial charge in [-0.2, -0.15) is 0 Å². The molecule has 0 unspecified atom stereocenters. The molecule has 0 atom stereocenters. The Balaban J connectivity index is 3.24. The van der Waals surface area contributed by atoms with Crippen molar-refractivity contribution in [3.05, 3.63) is 21.7 Å². The van der Waals surface area contributed by atoms with Gasteiger partial charge in [0.25, 0.3) is 0 Å². The van der Waals surface area contributed by atoms with Crippen molar-refractivity contribution in [2.45, 2.75) is 19.8 Å². The van der Waals surface area contributed by atoms with Crippen LogP contribution in [0.1, 0.15) is 18.1 Å². The van der Waals surface area contributed by atoms with E-state index in [2.05, 4.69) is 34.2 Å². The number of methoxy groups -OCH3 is 2. The smallest absolute Gasteiger partial charge is 0.140 e. The lowest BCUT2D eigenvalue weighted by Gasteiger charge is -2.17. The lowest BCUT2D eigenvalue weighted by Crippen LogP contribution is -2.11. The molecule has 1 aromatic rings. The average molecular weight is 302 g/mol. The molecule has 0 aromatic heterocycles. The summed E-state index contributed by atoms with van der Waals surface area (Å²) in [5.41, 5.74) is 2.40. The standard InChI is InChI=1S/C13H20BrNO2/c1-5-9-8-10(6-7-15-2)13(17-4)11(14)12(9)16-3/h8,15H,5-7H2,1-4H3.